The van der Waals surface area contributed by atoms with Crippen molar-refractivity contribution in [2.24, 2.45) is 11.6 Å². The highest BCUT2D eigenvalue weighted by Crippen LogP contribution is 2.34. The average Bonchev–Trinajstić information content (AvgIpc) is 3.33. The smallest absolute Gasteiger partial charge is 0.387 e. The van der Waals surface area contributed by atoms with Gasteiger partial charge in [-0.25, -0.2) is 19.6 Å². The summed E-state index contributed by atoms with van der Waals surface area (Å²) in [4.78, 5) is 28.0. The van der Waals surface area contributed by atoms with Crippen molar-refractivity contribution in [2.75, 3.05) is 6.61 Å². The molecule has 10 nitrogen and oxygen atoms in total. The van der Waals surface area contributed by atoms with Crippen LogP contribution >= 0.6 is 0 Å². The zero-order chi connectivity index (χ0) is 27.7. The van der Waals surface area contributed by atoms with Gasteiger partial charge in [-0.1, -0.05) is 6.07 Å². The molecule has 2 aromatic carbocycles. The topological polar surface area (TPSA) is 155 Å². The third-order valence-electron chi connectivity index (χ3n) is 5.18. The van der Waals surface area contributed by atoms with Crippen LogP contribution in [0.3, 0.4) is 0 Å². The third-order valence-corrected chi connectivity index (χ3v) is 5.18. The molecule has 204 valence electrons. The van der Waals surface area contributed by atoms with E-state index in [0.29, 0.717) is 18.9 Å². The van der Waals surface area contributed by atoms with Crippen molar-refractivity contribution in [3.05, 3.63) is 65.1 Å². The third kappa shape index (κ3) is 7.66. The van der Waals surface area contributed by atoms with Gasteiger partial charge in [0, 0.05) is 30.2 Å². The largest absolute Gasteiger partial charge is 0.490 e. The first-order valence-corrected chi connectivity index (χ1v) is 11.3. The molecular weight excluding hydrogens is 514 g/mol. The Labute approximate surface area is 214 Å². The summed E-state index contributed by atoms with van der Waals surface area (Å²) in [5, 5.41) is 2.47. The number of hydrogen-bond acceptors (Lipinski definition) is 8. The number of halogens is 4. The molecule has 0 aliphatic carbocycles. The lowest BCUT2D eigenvalue weighted by molar-refractivity contribution is -0.121. The summed E-state index contributed by atoms with van der Waals surface area (Å²) >= 11 is 0. The molecule has 0 radical (unpaired) electrons. The van der Waals surface area contributed by atoms with Gasteiger partial charge in [0.1, 0.15) is 11.6 Å². The molecule has 1 heterocycles. The number of carbonyl (C=O) groups excluding carboxylic acids is 2. The minimum absolute atomic E-state index is 0.0191. The second kappa shape index (κ2) is 13.4. The lowest BCUT2D eigenvalue weighted by Crippen LogP contribution is -2.29. The van der Waals surface area contributed by atoms with E-state index in [-0.39, 0.29) is 72.0 Å². The van der Waals surface area contributed by atoms with E-state index in [4.69, 9.17) is 20.7 Å². The van der Waals surface area contributed by atoms with Gasteiger partial charge in [0.25, 0.3) is 5.91 Å². The van der Waals surface area contributed by atoms with Crippen LogP contribution in [0.4, 0.5) is 17.6 Å². The van der Waals surface area contributed by atoms with E-state index in [1.165, 1.54) is 24.3 Å². The number of unbranched alkanes of at least 4 members (excludes halogenated alkanes) is 1. The maximum absolute atomic E-state index is 13.9. The van der Waals surface area contributed by atoms with Crippen molar-refractivity contribution < 1.29 is 41.0 Å². The van der Waals surface area contributed by atoms with Crippen LogP contribution in [0.2, 0.25) is 0 Å². The van der Waals surface area contributed by atoms with Gasteiger partial charge in [0.15, 0.2) is 23.0 Å². The lowest BCUT2D eigenvalue weighted by Gasteiger charge is -2.13. The Balaban J connectivity index is 1.76. The Kier molecular flexibility index (Phi) is 10.0. The van der Waals surface area contributed by atoms with E-state index in [9.17, 15) is 27.2 Å². The molecule has 2 amide bonds. The zero-order valence-corrected chi connectivity index (χ0v) is 19.9. The summed E-state index contributed by atoms with van der Waals surface area (Å²) in [5.74, 6) is 2.04. The number of alkyl halides is 2. The molecule has 0 bridgehead atoms. The summed E-state index contributed by atoms with van der Waals surface area (Å²) in [6.45, 7) is -3.48. The van der Waals surface area contributed by atoms with Crippen LogP contribution in [-0.2, 0) is 17.9 Å². The number of rotatable bonds is 13. The molecule has 3 rings (SSSR count). The quantitative estimate of drug-likeness (QED) is 0.0849. The number of nitrogens with zero attached hydrogens (tertiary/aromatic N) is 1. The van der Waals surface area contributed by atoms with Crippen LogP contribution in [0.5, 0.6) is 11.5 Å². The van der Waals surface area contributed by atoms with E-state index >= 15 is 0 Å². The van der Waals surface area contributed by atoms with Crippen LogP contribution < -0.4 is 31.8 Å². The molecule has 0 fully saturated rings. The van der Waals surface area contributed by atoms with Crippen molar-refractivity contribution in [2.45, 2.75) is 39.0 Å². The summed E-state index contributed by atoms with van der Waals surface area (Å²) in [6, 6.07) is 6.88. The van der Waals surface area contributed by atoms with E-state index in [2.05, 4.69) is 15.0 Å². The monoisotopic (exact) mass is 539 g/mol. The molecule has 0 spiro atoms. The highest BCUT2D eigenvalue weighted by atomic mass is 19.3. The zero-order valence-electron chi connectivity index (χ0n) is 19.9. The molecule has 6 N–H and O–H groups in total. The second-order valence-electron chi connectivity index (χ2n) is 7.83. The van der Waals surface area contributed by atoms with Crippen LogP contribution in [0.25, 0.3) is 11.5 Å². The van der Waals surface area contributed by atoms with E-state index < -0.39 is 24.2 Å². The Morgan fingerprint density at radius 3 is 2.55 bits per heavy atom. The molecule has 3 aromatic rings. The number of benzene rings is 2. The van der Waals surface area contributed by atoms with Crippen molar-refractivity contribution in [1.29, 1.82) is 0 Å². The summed E-state index contributed by atoms with van der Waals surface area (Å²) < 4.78 is 68.4. The number of hydrazine groups is 1. The summed E-state index contributed by atoms with van der Waals surface area (Å²) in [6.07, 6.45) is 1.02. The fourth-order valence-electron chi connectivity index (χ4n) is 3.30. The fourth-order valence-corrected chi connectivity index (χ4v) is 3.30. The van der Waals surface area contributed by atoms with Crippen LogP contribution in [0.1, 0.15) is 41.1 Å². The summed E-state index contributed by atoms with van der Waals surface area (Å²) in [5.41, 5.74) is 7.84. The molecule has 0 atom stereocenters. The number of aromatic nitrogens is 1. The van der Waals surface area contributed by atoms with Crippen molar-refractivity contribution in [3.8, 4) is 23.0 Å². The molecule has 1 aromatic heterocycles. The molecule has 0 saturated heterocycles. The molecule has 0 aliphatic heterocycles. The normalized spacial score (nSPS) is 10.9. The highest BCUT2D eigenvalue weighted by Gasteiger charge is 2.22. The van der Waals surface area contributed by atoms with Gasteiger partial charge in [-0.2, -0.15) is 8.78 Å². The molecule has 0 saturated carbocycles. The van der Waals surface area contributed by atoms with E-state index in [0.717, 1.165) is 6.07 Å². The van der Waals surface area contributed by atoms with E-state index in [1.54, 1.807) is 0 Å². The van der Waals surface area contributed by atoms with Crippen molar-refractivity contribution in [3.63, 3.8) is 0 Å². The van der Waals surface area contributed by atoms with Crippen LogP contribution in [-0.4, -0.2) is 30.0 Å². The SMILES string of the molecule is NCc1oc(-c2ccc(OC(F)F)c(OCCCCC(=O)NN)c2)nc1C(=O)NCc1ccc(F)cc1F. The van der Waals surface area contributed by atoms with Gasteiger partial charge in [-0.3, -0.25) is 15.0 Å². The first-order chi connectivity index (χ1) is 18.2. The maximum Gasteiger partial charge on any atom is 0.387 e. The Morgan fingerprint density at radius 2 is 1.87 bits per heavy atom. The standard InChI is InChI=1S/C24H25F4N5O5/c25-15-6-4-14(16(26)10-15)12-31-22(35)21-19(11-29)37-23(32-21)13-5-7-17(38-24(27)28)18(9-13)36-8-2-1-3-20(34)33-30/h4-7,9-10,24H,1-3,8,11-12,29-30H2,(H,31,35)(H,33,34). The first kappa shape index (κ1) is 28.4. The van der Waals surface area contributed by atoms with Gasteiger partial charge in [-0.15, -0.1) is 0 Å². The lowest BCUT2D eigenvalue weighted by atomic mass is 10.2. The van der Waals surface area contributed by atoms with Crippen molar-refractivity contribution in [1.82, 2.24) is 15.7 Å². The number of oxazole rings is 1. The highest BCUT2D eigenvalue weighted by molar-refractivity contribution is 5.93. The Bertz CT molecular complexity index is 1270. The predicted molar refractivity (Wildman–Crippen MR) is 126 cm³/mol. The summed E-state index contributed by atoms with van der Waals surface area (Å²) in [7, 11) is 0. The van der Waals surface area contributed by atoms with Gasteiger partial charge >= 0.3 is 6.61 Å². The molecule has 14 heteroatoms. The van der Waals surface area contributed by atoms with Gasteiger partial charge < -0.3 is 24.9 Å². The van der Waals surface area contributed by atoms with Crippen LogP contribution in [0, 0.1) is 11.6 Å². The molecule has 38 heavy (non-hydrogen) atoms. The number of carbonyl (C=O) groups is 2. The number of nitrogens with one attached hydrogen (secondary N) is 2. The van der Waals surface area contributed by atoms with Crippen molar-refractivity contribution >= 4 is 11.8 Å². The van der Waals surface area contributed by atoms with Crippen LogP contribution in [0.15, 0.2) is 40.8 Å². The number of ether oxygens (including phenoxy) is 2. The first-order valence-electron chi connectivity index (χ1n) is 11.3. The van der Waals surface area contributed by atoms with E-state index in [1.807, 2.05) is 5.43 Å². The second-order valence-corrected chi connectivity index (χ2v) is 7.83. The number of amides is 2. The fraction of sp³-hybridized carbons (Fsp3) is 0.292. The number of nitrogens with two attached hydrogens (primary N) is 2. The van der Waals surface area contributed by atoms with Gasteiger partial charge in [0.05, 0.1) is 13.2 Å². The molecular formula is C24H25F4N5O5. The average molecular weight is 539 g/mol. The Morgan fingerprint density at radius 1 is 1.08 bits per heavy atom. The van der Waals surface area contributed by atoms with Gasteiger partial charge in [0.2, 0.25) is 11.8 Å². The molecule has 0 aliphatic rings. The minimum Gasteiger partial charge on any atom is -0.490 e. The number of hydrogen-bond donors (Lipinski definition) is 4. The minimum atomic E-state index is -3.11. The van der Waals surface area contributed by atoms with Gasteiger partial charge in [-0.05, 0) is 37.1 Å². The predicted octanol–water partition coefficient (Wildman–Crippen LogP) is 3.15. The maximum atomic E-state index is 13.9. The molecule has 0 unspecified atom stereocenters. The Hall–Kier alpha value is -4.17.